The van der Waals surface area contributed by atoms with Gasteiger partial charge in [0, 0.05) is 5.69 Å². The monoisotopic (exact) mass is 352 g/mol. The van der Waals surface area contributed by atoms with E-state index in [-0.39, 0.29) is 28.3 Å². The van der Waals surface area contributed by atoms with E-state index in [1.165, 1.54) is 18.3 Å². The summed E-state index contributed by atoms with van der Waals surface area (Å²) < 4.78 is 5.38. The van der Waals surface area contributed by atoms with Gasteiger partial charge in [0.15, 0.2) is 12.4 Å². The maximum Gasteiger partial charge on any atom is 0.262 e. The van der Waals surface area contributed by atoms with Crippen LogP contribution in [0.2, 0.25) is 10.0 Å². The van der Waals surface area contributed by atoms with Crippen molar-refractivity contribution in [2.45, 2.75) is 6.92 Å². The van der Waals surface area contributed by atoms with Gasteiger partial charge in [0.25, 0.3) is 5.91 Å². The Bertz CT molecular complexity index is 725. The fourth-order valence-corrected chi connectivity index (χ4v) is 2.53. The number of hydrogen-bond acceptors (Lipinski definition) is 4. The minimum absolute atomic E-state index is 0.197. The largest absolute Gasteiger partial charge is 0.481 e. The third kappa shape index (κ3) is 4.87. The van der Waals surface area contributed by atoms with Crippen LogP contribution < -0.4 is 10.1 Å². The molecule has 0 saturated carbocycles. The molecule has 2 rings (SSSR count). The predicted octanol–water partition coefficient (Wildman–Crippen LogP) is 4.13. The second-order valence-corrected chi connectivity index (χ2v) is 5.58. The second kappa shape index (κ2) is 7.85. The summed E-state index contributed by atoms with van der Waals surface area (Å²) in [5.74, 6) is -0.133. The van der Waals surface area contributed by atoms with Gasteiger partial charge in [-0.25, -0.2) is 0 Å². The highest BCUT2D eigenvalue weighted by Crippen LogP contribution is 2.33. The van der Waals surface area contributed by atoms with E-state index in [2.05, 4.69) is 10.5 Å². The van der Waals surface area contributed by atoms with Crippen molar-refractivity contribution in [1.29, 1.82) is 0 Å². The van der Waals surface area contributed by atoms with E-state index in [1.807, 2.05) is 25.1 Å². The first-order chi connectivity index (χ1) is 11.0. The highest BCUT2D eigenvalue weighted by Gasteiger charge is 2.12. The molecule has 0 saturated heterocycles. The lowest BCUT2D eigenvalue weighted by Crippen LogP contribution is -2.20. The Morgan fingerprint density at radius 2 is 2.00 bits per heavy atom. The summed E-state index contributed by atoms with van der Waals surface area (Å²) in [5, 5.41) is 14.6. The van der Waals surface area contributed by atoms with Gasteiger partial charge < -0.3 is 15.3 Å². The molecular weight excluding hydrogens is 339 g/mol. The van der Waals surface area contributed by atoms with Crippen LogP contribution >= 0.6 is 23.2 Å². The Morgan fingerprint density at radius 1 is 1.30 bits per heavy atom. The number of amides is 1. The maximum absolute atomic E-state index is 11.9. The number of ether oxygens (including phenoxy) is 1. The molecule has 23 heavy (non-hydrogen) atoms. The average Bonchev–Trinajstić information content (AvgIpc) is 2.46. The molecule has 1 amide bonds. The number of carbonyl (C=O) groups excluding carboxylic acids is 1. The van der Waals surface area contributed by atoms with E-state index in [0.717, 1.165) is 5.56 Å². The van der Waals surface area contributed by atoms with E-state index in [9.17, 15) is 4.79 Å². The average molecular weight is 353 g/mol. The van der Waals surface area contributed by atoms with Gasteiger partial charge in [0.05, 0.1) is 16.3 Å². The fraction of sp³-hybridized carbons (Fsp3) is 0.125. The summed E-state index contributed by atoms with van der Waals surface area (Å²) in [5.41, 5.74) is 2.24. The molecule has 0 aromatic heterocycles. The Labute approximate surface area is 143 Å². The lowest BCUT2D eigenvalue weighted by atomic mass is 10.2. The zero-order chi connectivity index (χ0) is 16.8. The molecule has 120 valence electrons. The number of anilines is 1. The molecule has 2 N–H and O–H groups in total. The number of rotatable bonds is 5. The van der Waals surface area contributed by atoms with E-state index in [4.69, 9.17) is 33.1 Å². The standard InChI is InChI=1S/C16H14Cl2N2O3/c1-10-3-2-4-12(5-10)20-15(21)9-23-16-13(17)6-11(8-19-22)7-14(16)18/h2-8,22H,9H2,1H3,(H,20,21)/b19-8+. The number of carbonyl (C=O) groups is 1. The number of benzene rings is 2. The summed E-state index contributed by atoms with van der Waals surface area (Å²) in [4.78, 5) is 11.9. The number of halogens is 2. The van der Waals surface area contributed by atoms with Crippen molar-refractivity contribution in [3.05, 3.63) is 57.6 Å². The van der Waals surface area contributed by atoms with Crippen molar-refractivity contribution < 1.29 is 14.7 Å². The van der Waals surface area contributed by atoms with Crippen molar-refractivity contribution in [2.24, 2.45) is 5.16 Å². The molecule has 7 heteroatoms. The highest BCUT2D eigenvalue weighted by atomic mass is 35.5. The molecule has 0 spiro atoms. The third-order valence-electron chi connectivity index (χ3n) is 2.88. The first kappa shape index (κ1) is 17.1. The molecule has 0 unspecified atom stereocenters. The normalized spacial score (nSPS) is 10.7. The summed E-state index contributed by atoms with van der Waals surface area (Å²) in [7, 11) is 0. The zero-order valence-electron chi connectivity index (χ0n) is 12.2. The lowest BCUT2D eigenvalue weighted by Gasteiger charge is -2.11. The van der Waals surface area contributed by atoms with E-state index in [1.54, 1.807) is 6.07 Å². The molecule has 0 atom stereocenters. The van der Waals surface area contributed by atoms with Crippen LogP contribution in [0.3, 0.4) is 0 Å². The van der Waals surface area contributed by atoms with Crippen LogP contribution in [0, 0.1) is 6.92 Å². The first-order valence-corrected chi connectivity index (χ1v) is 7.41. The van der Waals surface area contributed by atoms with Gasteiger partial charge in [-0.15, -0.1) is 0 Å². The number of hydrogen-bond donors (Lipinski definition) is 2. The van der Waals surface area contributed by atoms with Gasteiger partial charge in [0.2, 0.25) is 0 Å². The van der Waals surface area contributed by atoms with E-state index < -0.39 is 0 Å². The topological polar surface area (TPSA) is 70.9 Å². The van der Waals surface area contributed by atoms with Crippen LogP contribution in [0.1, 0.15) is 11.1 Å². The van der Waals surface area contributed by atoms with E-state index >= 15 is 0 Å². The van der Waals surface area contributed by atoms with Crippen LogP contribution in [0.25, 0.3) is 0 Å². The van der Waals surface area contributed by atoms with Gasteiger partial charge in [-0.1, -0.05) is 40.5 Å². The Hall–Kier alpha value is -2.24. The summed E-state index contributed by atoms with van der Waals surface area (Å²) in [6.07, 6.45) is 1.19. The van der Waals surface area contributed by atoms with Gasteiger partial charge in [-0.2, -0.15) is 0 Å². The second-order valence-electron chi connectivity index (χ2n) is 4.76. The van der Waals surface area contributed by atoms with Crippen LogP contribution in [-0.4, -0.2) is 23.9 Å². The molecule has 2 aromatic carbocycles. The van der Waals surface area contributed by atoms with Crippen molar-refractivity contribution in [1.82, 2.24) is 0 Å². The molecule has 0 aliphatic heterocycles. The first-order valence-electron chi connectivity index (χ1n) is 6.65. The summed E-state index contributed by atoms with van der Waals surface area (Å²) in [6, 6.07) is 10.4. The highest BCUT2D eigenvalue weighted by molar-refractivity contribution is 6.37. The Morgan fingerprint density at radius 3 is 2.61 bits per heavy atom. The molecule has 5 nitrogen and oxygen atoms in total. The van der Waals surface area contributed by atoms with Crippen molar-refractivity contribution in [3.63, 3.8) is 0 Å². The van der Waals surface area contributed by atoms with Crippen LogP contribution in [0.4, 0.5) is 5.69 Å². The number of aryl methyl sites for hydroxylation is 1. The third-order valence-corrected chi connectivity index (χ3v) is 3.44. The van der Waals surface area contributed by atoms with Gasteiger partial charge >= 0.3 is 0 Å². The number of nitrogens with one attached hydrogen (secondary N) is 1. The van der Waals surface area contributed by atoms with Crippen LogP contribution in [-0.2, 0) is 4.79 Å². The summed E-state index contributed by atoms with van der Waals surface area (Å²) >= 11 is 12.1. The predicted molar refractivity (Wildman–Crippen MR) is 91.1 cm³/mol. The lowest BCUT2D eigenvalue weighted by molar-refractivity contribution is -0.118. The van der Waals surface area contributed by atoms with Gasteiger partial charge in [-0.05, 0) is 42.3 Å². The Kier molecular flexibility index (Phi) is 5.84. The molecule has 0 heterocycles. The fourth-order valence-electron chi connectivity index (χ4n) is 1.92. The maximum atomic E-state index is 11.9. The molecule has 0 aliphatic rings. The molecule has 2 aromatic rings. The number of nitrogens with zero attached hydrogens (tertiary/aromatic N) is 1. The van der Waals surface area contributed by atoms with Crippen LogP contribution in [0.5, 0.6) is 5.75 Å². The molecule has 0 radical (unpaired) electrons. The Balaban J connectivity index is 2.01. The quantitative estimate of drug-likeness (QED) is 0.482. The van der Waals surface area contributed by atoms with Crippen molar-refractivity contribution >= 4 is 41.0 Å². The minimum atomic E-state index is -0.330. The number of oxime groups is 1. The van der Waals surface area contributed by atoms with Gasteiger partial charge in [0.1, 0.15) is 0 Å². The summed E-state index contributed by atoms with van der Waals surface area (Å²) in [6.45, 7) is 1.70. The SMILES string of the molecule is Cc1cccc(NC(=O)COc2c(Cl)cc(/C=N/O)cc2Cl)c1. The van der Waals surface area contributed by atoms with Crippen molar-refractivity contribution in [3.8, 4) is 5.75 Å². The van der Waals surface area contributed by atoms with Gasteiger partial charge in [-0.3, -0.25) is 4.79 Å². The van der Waals surface area contributed by atoms with Crippen molar-refractivity contribution in [2.75, 3.05) is 11.9 Å². The van der Waals surface area contributed by atoms with Crippen LogP contribution in [0.15, 0.2) is 41.6 Å². The molecule has 0 fully saturated rings. The minimum Gasteiger partial charge on any atom is -0.481 e. The smallest absolute Gasteiger partial charge is 0.262 e. The molecular formula is C16H14Cl2N2O3. The molecule has 0 bridgehead atoms. The van der Waals surface area contributed by atoms with E-state index in [0.29, 0.717) is 11.3 Å². The zero-order valence-corrected chi connectivity index (χ0v) is 13.7. The molecule has 0 aliphatic carbocycles.